The number of esters is 1. The van der Waals surface area contributed by atoms with Crippen LogP contribution in [0.3, 0.4) is 0 Å². The van der Waals surface area contributed by atoms with Gasteiger partial charge in [-0.1, -0.05) is 78.9 Å². The van der Waals surface area contributed by atoms with E-state index in [4.69, 9.17) is 4.74 Å². The molecule has 1 amide bonds. The number of para-hydroxylation sites is 2. The smallest absolute Gasteiger partial charge is 0.329 e. The molecule has 6 rings (SSSR count). The molecule has 6 nitrogen and oxygen atoms in total. The lowest BCUT2D eigenvalue weighted by molar-refractivity contribution is -0.145. The molecule has 1 N–H and O–H groups in total. The fraction of sp³-hybridized carbons (Fsp3) is 0.207. The van der Waals surface area contributed by atoms with Gasteiger partial charge in [-0.3, -0.25) is 9.59 Å². The maximum absolute atomic E-state index is 14.3. The average molecular weight is 465 g/mol. The number of amides is 1. The summed E-state index contributed by atoms with van der Waals surface area (Å²) in [6.07, 6.45) is 3.93. The summed E-state index contributed by atoms with van der Waals surface area (Å²) in [5.41, 5.74) is 2.28. The second-order valence-electron chi connectivity index (χ2n) is 9.04. The third-order valence-electron chi connectivity index (χ3n) is 7.41. The molecule has 0 bridgehead atoms. The van der Waals surface area contributed by atoms with E-state index in [9.17, 15) is 14.4 Å². The monoisotopic (exact) mass is 464 g/mol. The quantitative estimate of drug-likeness (QED) is 0.462. The number of benzene rings is 3. The summed E-state index contributed by atoms with van der Waals surface area (Å²) >= 11 is 0. The molecule has 1 saturated heterocycles. The van der Waals surface area contributed by atoms with Crippen LogP contribution < -0.4 is 10.2 Å². The van der Waals surface area contributed by atoms with Crippen molar-refractivity contribution >= 4 is 35.1 Å². The average Bonchev–Trinajstić information content (AvgIpc) is 3.37. The first kappa shape index (κ1) is 21.4. The molecule has 4 atom stereocenters. The van der Waals surface area contributed by atoms with Crippen LogP contribution in [0, 0.1) is 5.92 Å². The predicted molar refractivity (Wildman–Crippen MR) is 133 cm³/mol. The molecule has 6 heteroatoms. The molecule has 1 fully saturated rings. The highest BCUT2D eigenvalue weighted by Gasteiger charge is 2.70. The topological polar surface area (TPSA) is 75.7 Å². The third kappa shape index (κ3) is 2.86. The van der Waals surface area contributed by atoms with E-state index in [1.807, 2.05) is 71.6 Å². The van der Waals surface area contributed by atoms with E-state index >= 15 is 0 Å². The summed E-state index contributed by atoms with van der Waals surface area (Å²) in [4.78, 5) is 43.9. The number of fused-ring (bicyclic) bond motifs is 6. The lowest BCUT2D eigenvalue weighted by atomic mass is 9.64. The minimum absolute atomic E-state index is 0.174. The Morgan fingerprint density at radius 2 is 1.69 bits per heavy atom. The van der Waals surface area contributed by atoms with Gasteiger partial charge in [0.05, 0.1) is 18.6 Å². The maximum Gasteiger partial charge on any atom is 0.329 e. The summed E-state index contributed by atoms with van der Waals surface area (Å²) in [6.45, 7) is 1.92. The van der Waals surface area contributed by atoms with E-state index in [0.717, 1.165) is 16.8 Å². The largest absolute Gasteiger partial charge is 0.464 e. The Hall–Kier alpha value is -4.19. The SMILES string of the molecule is CCOC(=O)[C@H]1[C@@H](C(=O)c2ccccc2)[C@@]2(C(=O)Nc3ccccc32)[C@@H]2C=Cc3ccccc3N21. The van der Waals surface area contributed by atoms with E-state index < -0.39 is 29.4 Å². The fourth-order valence-electron chi connectivity index (χ4n) is 6.10. The van der Waals surface area contributed by atoms with Crippen LogP contribution in [0.25, 0.3) is 6.08 Å². The highest BCUT2D eigenvalue weighted by Crippen LogP contribution is 2.57. The molecule has 3 aromatic carbocycles. The molecule has 0 aromatic heterocycles. The molecular formula is C29H24N2O4. The van der Waals surface area contributed by atoms with E-state index in [0.29, 0.717) is 11.3 Å². The van der Waals surface area contributed by atoms with Crippen LogP contribution in [0.5, 0.6) is 0 Å². The Bertz CT molecular complexity index is 1380. The second kappa shape index (κ2) is 7.94. The zero-order valence-electron chi connectivity index (χ0n) is 19.2. The fourth-order valence-corrected chi connectivity index (χ4v) is 6.10. The van der Waals surface area contributed by atoms with Crippen LogP contribution in [0.1, 0.15) is 28.4 Å². The number of Topliss-reactive ketones (excluding diaryl/α,β-unsaturated/α-hetero) is 1. The Balaban J connectivity index is 1.66. The molecule has 0 saturated carbocycles. The van der Waals surface area contributed by atoms with E-state index in [1.54, 1.807) is 31.2 Å². The molecule has 174 valence electrons. The number of hydrogen-bond acceptors (Lipinski definition) is 5. The zero-order chi connectivity index (χ0) is 24.2. The number of rotatable bonds is 4. The van der Waals surface area contributed by atoms with Gasteiger partial charge in [0, 0.05) is 16.9 Å². The van der Waals surface area contributed by atoms with Crippen molar-refractivity contribution < 1.29 is 19.1 Å². The van der Waals surface area contributed by atoms with Gasteiger partial charge in [-0.2, -0.15) is 0 Å². The molecular weight excluding hydrogens is 440 g/mol. The van der Waals surface area contributed by atoms with Crippen LogP contribution >= 0.6 is 0 Å². The van der Waals surface area contributed by atoms with Crippen LogP contribution in [-0.4, -0.2) is 36.4 Å². The highest BCUT2D eigenvalue weighted by molar-refractivity contribution is 6.16. The molecule has 35 heavy (non-hydrogen) atoms. The standard InChI is InChI=1S/C29H24N2O4/c1-2-35-27(33)25-24(26(32)19-11-4-3-5-12-19)29(20-13-7-8-14-21(20)30-28(29)34)23-17-16-18-10-6-9-15-22(18)31(23)25/h3-17,23-25H,2H2,1H3,(H,30,34)/t23-,24-,25+,29-/m0/s1. The van der Waals surface area contributed by atoms with Crippen molar-refractivity contribution in [1.82, 2.24) is 0 Å². The Morgan fingerprint density at radius 3 is 2.49 bits per heavy atom. The van der Waals surface area contributed by atoms with Crippen LogP contribution in [0.4, 0.5) is 11.4 Å². The number of hydrogen-bond donors (Lipinski definition) is 1. The van der Waals surface area contributed by atoms with Crippen molar-refractivity contribution in [2.45, 2.75) is 24.4 Å². The minimum Gasteiger partial charge on any atom is -0.464 e. The van der Waals surface area contributed by atoms with Gasteiger partial charge in [0.2, 0.25) is 5.91 Å². The van der Waals surface area contributed by atoms with Crippen molar-refractivity contribution in [2.24, 2.45) is 5.92 Å². The van der Waals surface area contributed by atoms with Crippen LogP contribution in [0.15, 0.2) is 84.9 Å². The molecule has 0 aliphatic carbocycles. The van der Waals surface area contributed by atoms with E-state index in [1.165, 1.54) is 0 Å². The van der Waals surface area contributed by atoms with Gasteiger partial charge in [-0.05, 0) is 30.2 Å². The first-order valence-corrected chi connectivity index (χ1v) is 11.8. The highest BCUT2D eigenvalue weighted by atomic mass is 16.5. The summed E-state index contributed by atoms with van der Waals surface area (Å²) < 4.78 is 5.54. The van der Waals surface area contributed by atoms with Gasteiger partial charge < -0.3 is 15.0 Å². The first-order chi connectivity index (χ1) is 17.1. The first-order valence-electron chi connectivity index (χ1n) is 11.8. The maximum atomic E-state index is 14.3. The number of ether oxygens (including phenoxy) is 1. The van der Waals surface area contributed by atoms with E-state index in [2.05, 4.69) is 5.32 Å². The third-order valence-corrected chi connectivity index (χ3v) is 7.41. The number of nitrogens with zero attached hydrogens (tertiary/aromatic N) is 1. The van der Waals surface area contributed by atoms with Crippen molar-refractivity contribution in [3.63, 3.8) is 0 Å². The predicted octanol–water partition coefficient (Wildman–Crippen LogP) is 4.22. The van der Waals surface area contributed by atoms with Gasteiger partial charge in [-0.15, -0.1) is 0 Å². The van der Waals surface area contributed by atoms with Crippen LogP contribution in [0.2, 0.25) is 0 Å². The summed E-state index contributed by atoms with van der Waals surface area (Å²) in [7, 11) is 0. The molecule has 1 spiro atoms. The molecule has 3 aliphatic heterocycles. The molecule has 3 aliphatic rings. The number of nitrogens with one attached hydrogen (secondary N) is 1. The Morgan fingerprint density at radius 1 is 0.971 bits per heavy atom. The molecule has 3 aromatic rings. The molecule has 0 unspecified atom stereocenters. The van der Waals surface area contributed by atoms with Gasteiger partial charge >= 0.3 is 5.97 Å². The Kier molecular flexibility index (Phi) is 4.85. The number of anilines is 2. The number of carbonyl (C=O) groups excluding carboxylic acids is 3. The van der Waals surface area contributed by atoms with Crippen LogP contribution in [-0.2, 0) is 19.7 Å². The molecule has 3 heterocycles. The van der Waals surface area contributed by atoms with Crippen molar-refractivity contribution in [3.8, 4) is 0 Å². The summed E-state index contributed by atoms with van der Waals surface area (Å²) in [5, 5.41) is 3.01. The van der Waals surface area contributed by atoms with Crippen molar-refractivity contribution in [2.75, 3.05) is 16.8 Å². The van der Waals surface area contributed by atoms with Gasteiger partial charge in [-0.25, -0.2) is 4.79 Å². The lowest BCUT2D eigenvalue weighted by Gasteiger charge is -2.37. The minimum atomic E-state index is -1.30. The number of carbonyl (C=O) groups is 3. The van der Waals surface area contributed by atoms with Gasteiger partial charge in [0.1, 0.15) is 11.5 Å². The van der Waals surface area contributed by atoms with Gasteiger partial charge in [0.25, 0.3) is 0 Å². The lowest BCUT2D eigenvalue weighted by Crippen LogP contribution is -2.51. The summed E-state index contributed by atoms with van der Waals surface area (Å²) in [6, 6.07) is 22.5. The van der Waals surface area contributed by atoms with Crippen molar-refractivity contribution in [3.05, 3.63) is 102 Å². The number of ketones is 1. The zero-order valence-corrected chi connectivity index (χ0v) is 19.2. The normalized spacial score (nSPS) is 25.6. The van der Waals surface area contributed by atoms with E-state index in [-0.39, 0.29) is 18.3 Å². The van der Waals surface area contributed by atoms with Gasteiger partial charge in [0.15, 0.2) is 5.78 Å². The molecule has 0 radical (unpaired) electrons. The summed E-state index contributed by atoms with van der Waals surface area (Å²) in [5.74, 6) is -2.03. The second-order valence-corrected chi connectivity index (χ2v) is 9.04. The van der Waals surface area contributed by atoms with Crippen molar-refractivity contribution in [1.29, 1.82) is 0 Å². The Labute approximate surface area is 203 Å².